The molecule has 0 saturated carbocycles. The summed E-state index contributed by atoms with van der Waals surface area (Å²) in [5, 5.41) is 15.7. The molecule has 1 amide bonds. The maximum Gasteiger partial charge on any atom is 0.270 e. The van der Waals surface area contributed by atoms with Crippen LogP contribution < -0.4 is 5.32 Å². The lowest BCUT2D eigenvalue weighted by Crippen LogP contribution is -2.32. The Labute approximate surface area is 199 Å². The van der Waals surface area contributed by atoms with E-state index >= 15 is 0 Å². The first-order valence-electron chi connectivity index (χ1n) is 10.0. The first kappa shape index (κ1) is 22.4. The number of thioether (sulfide) groups is 1. The number of thiazole rings is 1. The summed E-state index contributed by atoms with van der Waals surface area (Å²) >= 11 is 9.20. The third kappa shape index (κ3) is 5.17. The summed E-state index contributed by atoms with van der Waals surface area (Å²) in [6, 6.07) is 11.5. The van der Waals surface area contributed by atoms with Gasteiger partial charge in [-0.3, -0.25) is 14.3 Å². The van der Waals surface area contributed by atoms with Gasteiger partial charge in [0, 0.05) is 34.4 Å². The van der Waals surface area contributed by atoms with Crippen LogP contribution in [0.4, 0.5) is 0 Å². The molecule has 0 fully saturated rings. The molecule has 7 nitrogen and oxygen atoms in total. The van der Waals surface area contributed by atoms with Gasteiger partial charge in [-0.25, -0.2) is 4.98 Å². The molecule has 0 aliphatic carbocycles. The number of halogens is 1. The lowest BCUT2D eigenvalue weighted by atomic mass is 10.2. The van der Waals surface area contributed by atoms with E-state index in [2.05, 4.69) is 25.5 Å². The Morgan fingerprint density at radius 3 is 2.91 bits per heavy atom. The van der Waals surface area contributed by atoms with E-state index in [0.717, 1.165) is 22.7 Å². The van der Waals surface area contributed by atoms with Crippen LogP contribution in [0, 0.1) is 0 Å². The van der Waals surface area contributed by atoms with Crippen LogP contribution in [0.25, 0.3) is 17.1 Å². The third-order valence-corrected chi connectivity index (χ3v) is 6.93. The van der Waals surface area contributed by atoms with Gasteiger partial charge < -0.3 is 5.32 Å². The second kappa shape index (κ2) is 10.2. The molecule has 3 aromatic heterocycles. The van der Waals surface area contributed by atoms with Gasteiger partial charge in [0.05, 0.1) is 11.4 Å². The summed E-state index contributed by atoms with van der Waals surface area (Å²) in [6.45, 7) is 4.01. The smallest absolute Gasteiger partial charge is 0.270 e. The van der Waals surface area contributed by atoms with Crippen molar-refractivity contribution in [1.82, 2.24) is 30.0 Å². The Morgan fingerprint density at radius 2 is 2.16 bits per heavy atom. The normalized spacial score (nSPS) is 12.0. The summed E-state index contributed by atoms with van der Waals surface area (Å²) < 4.78 is 1.96. The van der Waals surface area contributed by atoms with Crippen LogP contribution in [-0.2, 0) is 5.75 Å². The van der Waals surface area contributed by atoms with E-state index in [-0.39, 0.29) is 11.9 Å². The monoisotopic (exact) mass is 484 g/mol. The zero-order chi connectivity index (χ0) is 22.5. The SMILES string of the molecule is CCC(C)NC(=O)c1csc(CSc2nnc(-c3cccnc3)n2-c2cccc(Cl)c2)n1. The lowest BCUT2D eigenvalue weighted by molar-refractivity contribution is 0.0935. The number of carbonyl (C=O) groups excluding carboxylic acids is 1. The zero-order valence-electron chi connectivity index (χ0n) is 17.5. The van der Waals surface area contributed by atoms with E-state index in [4.69, 9.17) is 11.6 Å². The number of nitrogens with one attached hydrogen (secondary N) is 1. The zero-order valence-corrected chi connectivity index (χ0v) is 19.9. The summed E-state index contributed by atoms with van der Waals surface area (Å²) in [5.41, 5.74) is 2.15. The van der Waals surface area contributed by atoms with Gasteiger partial charge in [-0.15, -0.1) is 21.5 Å². The van der Waals surface area contributed by atoms with E-state index in [1.807, 2.05) is 54.8 Å². The molecule has 3 heterocycles. The predicted octanol–water partition coefficient (Wildman–Crippen LogP) is 5.26. The molecular weight excluding hydrogens is 464 g/mol. The van der Waals surface area contributed by atoms with Crippen molar-refractivity contribution >= 4 is 40.6 Å². The summed E-state index contributed by atoms with van der Waals surface area (Å²) in [5.74, 6) is 1.09. The highest BCUT2D eigenvalue weighted by Gasteiger charge is 2.18. The summed E-state index contributed by atoms with van der Waals surface area (Å²) in [6.07, 6.45) is 4.34. The first-order valence-corrected chi connectivity index (χ1v) is 12.3. The molecule has 164 valence electrons. The van der Waals surface area contributed by atoms with Crippen molar-refractivity contribution in [3.8, 4) is 17.1 Å². The standard InChI is InChI=1S/C22H21ClN6OS2/c1-3-14(2)25-21(30)18-12-31-19(26-18)13-32-22-28-27-20(15-6-5-9-24-11-15)29(22)17-8-4-7-16(23)10-17/h4-12,14H,3,13H2,1-2H3,(H,25,30). The van der Waals surface area contributed by atoms with Crippen LogP contribution in [0.3, 0.4) is 0 Å². The van der Waals surface area contributed by atoms with Gasteiger partial charge in [-0.05, 0) is 43.7 Å². The van der Waals surface area contributed by atoms with Crippen LogP contribution in [0.15, 0.2) is 59.3 Å². The van der Waals surface area contributed by atoms with Gasteiger partial charge >= 0.3 is 0 Å². The average molecular weight is 485 g/mol. The van der Waals surface area contributed by atoms with E-state index in [9.17, 15) is 4.79 Å². The minimum absolute atomic E-state index is 0.115. The number of hydrogen-bond acceptors (Lipinski definition) is 7. The van der Waals surface area contributed by atoms with Gasteiger partial charge in [0.15, 0.2) is 11.0 Å². The Hall–Kier alpha value is -2.75. The molecule has 4 aromatic rings. The van der Waals surface area contributed by atoms with Gasteiger partial charge in [-0.2, -0.15) is 0 Å². The molecule has 1 atom stereocenters. The van der Waals surface area contributed by atoms with Gasteiger partial charge in [0.1, 0.15) is 10.7 Å². The highest BCUT2D eigenvalue weighted by Crippen LogP contribution is 2.31. The third-order valence-electron chi connectivity index (χ3n) is 4.72. The molecule has 4 rings (SSSR count). The molecule has 0 aliphatic rings. The maximum absolute atomic E-state index is 12.3. The van der Waals surface area contributed by atoms with E-state index < -0.39 is 0 Å². The van der Waals surface area contributed by atoms with Crippen LogP contribution in [0.5, 0.6) is 0 Å². The molecule has 0 radical (unpaired) electrons. The Morgan fingerprint density at radius 1 is 1.28 bits per heavy atom. The fourth-order valence-corrected chi connectivity index (χ4v) is 4.83. The average Bonchev–Trinajstić information content (AvgIpc) is 3.45. The number of nitrogens with zero attached hydrogens (tertiary/aromatic N) is 5. The Kier molecular flexibility index (Phi) is 7.19. The van der Waals surface area contributed by atoms with E-state index in [1.165, 1.54) is 23.1 Å². The highest BCUT2D eigenvalue weighted by atomic mass is 35.5. The number of pyridine rings is 1. The fourth-order valence-electron chi connectivity index (χ4n) is 2.90. The molecule has 1 unspecified atom stereocenters. The van der Waals surface area contributed by atoms with Crippen molar-refractivity contribution in [3.05, 3.63) is 69.9 Å². The molecule has 0 bridgehead atoms. The largest absolute Gasteiger partial charge is 0.348 e. The fraction of sp³-hybridized carbons (Fsp3) is 0.227. The predicted molar refractivity (Wildman–Crippen MR) is 128 cm³/mol. The highest BCUT2D eigenvalue weighted by molar-refractivity contribution is 7.98. The van der Waals surface area contributed by atoms with Crippen LogP contribution in [-0.4, -0.2) is 36.7 Å². The van der Waals surface area contributed by atoms with Crippen LogP contribution in [0.2, 0.25) is 5.02 Å². The molecule has 0 saturated heterocycles. The van der Waals surface area contributed by atoms with Crippen molar-refractivity contribution in [3.63, 3.8) is 0 Å². The summed E-state index contributed by atoms with van der Waals surface area (Å²) in [7, 11) is 0. The second-order valence-electron chi connectivity index (χ2n) is 7.06. The Bertz CT molecular complexity index is 1210. The van der Waals surface area contributed by atoms with Gasteiger partial charge in [0.2, 0.25) is 0 Å². The van der Waals surface area contributed by atoms with Gasteiger partial charge in [-0.1, -0.05) is 36.4 Å². The first-order chi connectivity index (χ1) is 15.5. The van der Waals surface area contributed by atoms with Crippen molar-refractivity contribution in [1.29, 1.82) is 0 Å². The minimum atomic E-state index is -0.146. The van der Waals surface area contributed by atoms with Crippen LogP contribution in [0.1, 0.15) is 35.8 Å². The maximum atomic E-state index is 12.3. The second-order valence-corrected chi connectivity index (χ2v) is 9.38. The van der Waals surface area contributed by atoms with Crippen LogP contribution >= 0.6 is 34.7 Å². The minimum Gasteiger partial charge on any atom is -0.348 e. The number of amides is 1. The number of benzene rings is 1. The van der Waals surface area contributed by atoms with E-state index in [1.54, 1.807) is 17.8 Å². The molecule has 10 heteroatoms. The number of hydrogen-bond donors (Lipinski definition) is 1. The Balaban J connectivity index is 1.58. The molecule has 1 N–H and O–H groups in total. The van der Waals surface area contributed by atoms with Crippen molar-refractivity contribution in [2.24, 2.45) is 0 Å². The molecule has 32 heavy (non-hydrogen) atoms. The van der Waals surface area contributed by atoms with Crippen molar-refractivity contribution < 1.29 is 4.79 Å². The quantitative estimate of drug-likeness (QED) is 0.343. The molecule has 1 aromatic carbocycles. The van der Waals surface area contributed by atoms with Crippen molar-refractivity contribution in [2.75, 3.05) is 0 Å². The summed E-state index contributed by atoms with van der Waals surface area (Å²) in [4.78, 5) is 21.0. The van der Waals surface area contributed by atoms with E-state index in [0.29, 0.717) is 27.5 Å². The van der Waals surface area contributed by atoms with Gasteiger partial charge in [0.25, 0.3) is 5.91 Å². The molecule has 0 aliphatic heterocycles. The molecule has 0 spiro atoms. The lowest BCUT2D eigenvalue weighted by Gasteiger charge is -2.10. The molecular formula is C22H21ClN6OS2. The topological polar surface area (TPSA) is 85.6 Å². The van der Waals surface area contributed by atoms with Crippen molar-refractivity contribution in [2.45, 2.75) is 37.2 Å². The number of carbonyl (C=O) groups is 1. The number of rotatable bonds is 8. The number of aromatic nitrogens is 5.